The summed E-state index contributed by atoms with van der Waals surface area (Å²) < 4.78 is 12.6. The van der Waals surface area contributed by atoms with Gasteiger partial charge in [-0.25, -0.2) is 14.4 Å². The van der Waals surface area contributed by atoms with Crippen molar-refractivity contribution in [1.29, 1.82) is 0 Å². The van der Waals surface area contributed by atoms with Crippen LogP contribution in [0.1, 0.15) is 0 Å². The largest absolute Gasteiger partial charge is 0.236 e. The Morgan fingerprint density at radius 2 is 2.00 bits per heavy atom. The van der Waals surface area contributed by atoms with Crippen molar-refractivity contribution in [2.75, 3.05) is 0 Å². The van der Waals surface area contributed by atoms with Gasteiger partial charge < -0.3 is 0 Å². The molecule has 0 saturated carbocycles. The quantitative estimate of drug-likeness (QED) is 0.692. The molecule has 0 bridgehead atoms. The van der Waals surface area contributed by atoms with E-state index in [0.29, 0.717) is 5.13 Å². The maximum absolute atomic E-state index is 12.6. The van der Waals surface area contributed by atoms with Crippen LogP contribution in [0.5, 0.6) is 0 Å². The van der Waals surface area contributed by atoms with Crippen molar-refractivity contribution in [1.82, 2.24) is 4.98 Å². The van der Waals surface area contributed by atoms with E-state index in [0.717, 1.165) is 10.4 Å². The summed E-state index contributed by atoms with van der Waals surface area (Å²) in [5.41, 5.74) is 0.943. The van der Waals surface area contributed by atoms with Gasteiger partial charge in [0.15, 0.2) is 0 Å². The van der Waals surface area contributed by atoms with Crippen LogP contribution in [0.4, 0.5) is 9.52 Å². The molecule has 0 radical (unpaired) electrons. The molecule has 0 spiro atoms. The van der Waals surface area contributed by atoms with Crippen LogP contribution in [0, 0.1) is 5.82 Å². The van der Waals surface area contributed by atoms with E-state index in [4.69, 9.17) is 0 Å². The molecule has 1 aromatic carbocycles. The minimum Gasteiger partial charge on any atom is -0.236 e. The van der Waals surface area contributed by atoms with E-state index in [1.165, 1.54) is 23.5 Å². The monoisotopic (exact) mass is 206 g/mol. The second kappa shape index (κ2) is 3.67. The Morgan fingerprint density at radius 3 is 2.57 bits per heavy atom. The number of hydrogen-bond acceptors (Lipinski definition) is 3. The number of benzene rings is 1. The molecule has 2 aromatic rings. The molecular weight excluding hydrogens is 199 g/mol. The van der Waals surface area contributed by atoms with Crippen molar-refractivity contribution in [3.05, 3.63) is 36.3 Å². The Hall–Kier alpha value is -1.55. The molecule has 0 aliphatic carbocycles. The van der Waals surface area contributed by atoms with Crippen molar-refractivity contribution < 1.29 is 4.39 Å². The molecule has 0 unspecified atom stereocenters. The molecule has 0 N–H and O–H groups in total. The fourth-order valence-corrected chi connectivity index (χ4v) is 1.81. The molecule has 0 aliphatic heterocycles. The van der Waals surface area contributed by atoms with Crippen molar-refractivity contribution in [3.63, 3.8) is 0 Å². The van der Waals surface area contributed by atoms with E-state index < -0.39 is 0 Å². The number of rotatable bonds is 2. The van der Waals surface area contributed by atoms with Gasteiger partial charge >= 0.3 is 0 Å². The van der Waals surface area contributed by atoms with Gasteiger partial charge in [0, 0.05) is 6.20 Å². The van der Waals surface area contributed by atoms with Crippen LogP contribution in [0.15, 0.2) is 35.5 Å². The molecule has 1 aromatic heterocycles. The Labute approximate surface area is 84.8 Å². The Morgan fingerprint density at radius 1 is 1.29 bits per heavy atom. The van der Waals surface area contributed by atoms with E-state index in [2.05, 4.69) is 16.7 Å². The van der Waals surface area contributed by atoms with Gasteiger partial charge in [-0.15, -0.1) is 0 Å². The predicted octanol–water partition coefficient (Wildman–Crippen LogP) is 3.28. The van der Waals surface area contributed by atoms with Crippen molar-refractivity contribution in [2.24, 2.45) is 4.99 Å². The summed E-state index contributed by atoms with van der Waals surface area (Å²) in [6.07, 6.45) is 1.71. The first-order chi connectivity index (χ1) is 6.79. The Balaban J connectivity index is 2.39. The number of aromatic nitrogens is 1. The molecule has 0 aliphatic rings. The lowest BCUT2D eigenvalue weighted by atomic mass is 10.2. The first kappa shape index (κ1) is 9.02. The molecule has 2 rings (SSSR count). The molecule has 0 saturated heterocycles. The first-order valence-electron chi connectivity index (χ1n) is 3.98. The summed E-state index contributed by atoms with van der Waals surface area (Å²) in [4.78, 5) is 8.71. The Bertz CT molecular complexity index is 447. The van der Waals surface area contributed by atoms with E-state index >= 15 is 0 Å². The minimum absolute atomic E-state index is 0.236. The summed E-state index contributed by atoms with van der Waals surface area (Å²) in [7, 11) is 0. The van der Waals surface area contributed by atoms with Crippen LogP contribution >= 0.6 is 11.3 Å². The number of halogens is 1. The lowest BCUT2D eigenvalue weighted by Crippen LogP contribution is -1.73. The first-order valence-corrected chi connectivity index (χ1v) is 4.80. The van der Waals surface area contributed by atoms with Gasteiger partial charge in [-0.2, -0.15) is 0 Å². The molecule has 4 heteroatoms. The van der Waals surface area contributed by atoms with Gasteiger partial charge in [-0.05, 0) is 24.4 Å². The Kier molecular flexibility index (Phi) is 2.37. The van der Waals surface area contributed by atoms with Gasteiger partial charge in [-0.3, -0.25) is 0 Å². The zero-order valence-corrected chi connectivity index (χ0v) is 8.09. The minimum atomic E-state index is -0.236. The predicted molar refractivity (Wildman–Crippen MR) is 56.7 cm³/mol. The third-order valence-corrected chi connectivity index (χ3v) is 2.74. The molecule has 0 amide bonds. The topological polar surface area (TPSA) is 25.2 Å². The zero-order chi connectivity index (χ0) is 9.97. The number of thiazole rings is 1. The summed E-state index contributed by atoms with van der Waals surface area (Å²) in [5, 5.41) is 0.629. The van der Waals surface area contributed by atoms with E-state index in [-0.39, 0.29) is 5.82 Å². The molecule has 70 valence electrons. The standard InChI is InChI=1S/C10H7FN2S/c1-12-10-13-6-9(14-10)7-2-4-8(11)5-3-7/h2-6H,1H2. The van der Waals surface area contributed by atoms with Gasteiger partial charge in [0.1, 0.15) is 5.82 Å². The number of aliphatic imine (C=N–C) groups is 1. The van der Waals surface area contributed by atoms with E-state index in [1.54, 1.807) is 18.3 Å². The summed E-state index contributed by atoms with van der Waals surface area (Å²) in [6, 6.07) is 6.29. The maximum Gasteiger partial charge on any atom is 0.209 e. The fourth-order valence-electron chi connectivity index (χ4n) is 1.09. The number of hydrogen-bond donors (Lipinski definition) is 0. The third kappa shape index (κ3) is 1.70. The SMILES string of the molecule is C=Nc1ncc(-c2ccc(F)cc2)s1. The highest BCUT2D eigenvalue weighted by Crippen LogP contribution is 2.29. The van der Waals surface area contributed by atoms with Crippen LogP contribution in [-0.2, 0) is 0 Å². The molecule has 2 nitrogen and oxygen atoms in total. The molecule has 0 atom stereocenters. The summed E-state index contributed by atoms with van der Waals surface area (Å²) >= 11 is 1.43. The van der Waals surface area contributed by atoms with Crippen molar-refractivity contribution in [2.45, 2.75) is 0 Å². The lowest BCUT2D eigenvalue weighted by Gasteiger charge is -1.94. The average Bonchev–Trinajstić information content (AvgIpc) is 2.67. The van der Waals surface area contributed by atoms with Crippen LogP contribution in [0.25, 0.3) is 10.4 Å². The molecular formula is C10H7FN2S. The third-order valence-electron chi connectivity index (χ3n) is 1.76. The highest BCUT2D eigenvalue weighted by atomic mass is 32.1. The fraction of sp³-hybridized carbons (Fsp3) is 0. The van der Waals surface area contributed by atoms with Crippen LogP contribution in [-0.4, -0.2) is 11.7 Å². The highest BCUT2D eigenvalue weighted by molar-refractivity contribution is 7.18. The highest BCUT2D eigenvalue weighted by Gasteiger charge is 2.02. The average molecular weight is 206 g/mol. The van der Waals surface area contributed by atoms with Gasteiger partial charge in [-0.1, -0.05) is 23.5 Å². The normalized spacial score (nSPS) is 10.1. The van der Waals surface area contributed by atoms with Crippen molar-refractivity contribution >= 4 is 23.2 Å². The summed E-state index contributed by atoms with van der Waals surface area (Å²) in [6.45, 7) is 3.39. The second-order valence-electron chi connectivity index (χ2n) is 2.67. The van der Waals surface area contributed by atoms with Crippen LogP contribution in [0.3, 0.4) is 0 Å². The van der Waals surface area contributed by atoms with Gasteiger partial charge in [0.25, 0.3) is 0 Å². The number of nitrogens with zero attached hydrogens (tertiary/aromatic N) is 2. The smallest absolute Gasteiger partial charge is 0.209 e. The van der Waals surface area contributed by atoms with Crippen molar-refractivity contribution in [3.8, 4) is 10.4 Å². The molecule has 0 fully saturated rings. The van der Waals surface area contributed by atoms with E-state index in [1.807, 2.05) is 0 Å². The van der Waals surface area contributed by atoms with Gasteiger partial charge in [0.2, 0.25) is 5.13 Å². The zero-order valence-electron chi connectivity index (χ0n) is 7.27. The lowest BCUT2D eigenvalue weighted by molar-refractivity contribution is 0.628. The summed E-state index contributed by atoms with van der Waals surface area (Å²) in [5.74, 6) is -0.236. The van der Waals surface area contributed by atoms with E-state index in [9.17, 15) is 4.39 Å². The molecule has 14 heavy (non-hydrogen) atoms. The van der Waals surface area contributed by atoms with Crippen LogP contribution in [0.2, 0.25) is 0 Å². The maximum atomic E-state index is 12.6. The second-order valence-corrected chi connectivity index (χ2v) is 3.68. The van der Waals surface area contributed by atoms with Gasteiger partial charge in [0.05, 0.1) is 4.88 Å². The van der Waals surface area contributed by atoms with Crippen LogP contribution < -0.4 is 0 Å². The molecule has 1 heterocycles.